The monoisotopic (exact) mass is 234 g/mol. The molecule has 0 atom stereocenters. The van der Waals surface area contributed by atoms with Crippen LogP contribution in [0.15, 0.2) is 24.3 Å². The Morgan fingerprint density at radius 1 is 1.24 bits per heavy atom. The largest absolute Gasteiger partial charge is 0.351 e. The van der Waals surface area contributed by atoms with Gasteiger partial charge in [0.2, 0.25) is 5.91 Å². The minimum atomic E-state index is 0.0571. The summed E-state index contributed by atoms with van der Waals surface area (Å²) in [6, 6.07) is 8.20. The third-order valence-corrected chi connectivity index (χ3v) is 2.60. The fraction of sp³-hybridized carbons (Fsp3) is 0.500. The number of carbonyl (C=O) groups excluding carboxylic acids is 1. The molecular formula is C14H22N2O. The fourth-order valence-corrected chi connectivity index (χ4v) is 1.47. The van der Waals surface area contributed by atoms with Crippen molar-refractivity contribution in [3.8, 4) is 0 Å². The molecule has 94 valence electrons. The molecule has 0 bridgehead atoms. The molecule has 3 heteroatoms. The van der Waals surface area contributed by atoms with Crippen LogP contribution in [-0.2, 0) is 11.3 Å². The van der Waals surface area contributed by atoms with Gasteiger partial charge in [-0.15, -0.1) is 0 Å². The molecule has 1 amide bonds. The van der Waals surface area contributed by atoms with Gasteiger partial charge in [0.15, 0.2) is 0 Å². The Hall–Kier alpha value is -1.35. The van der Waals surface area contributed by atoms with Gasteiger partial charge in [0.1, 0.15) is 0 Å². The molecule has 2 N–H and O–H groups in total. The van der Waals surface area contributed by atoms with E-state index < -0.39 is 0 Å². The quantitative estimate of drug-likeness (QED) is 0.708. The lowest BCUT2D eigenvalue weighted by atomic mass is 10.1. The second-order valence-corrected chi connectivity index (χ2v) is 4.29. The molecule has 0 unspecified atom stereocenters. The Morgan fingerprint density at radius 3 is 2.59 bits per heavy atom. The molecule has 17 heavy (non-hydrogen) atoms. The molecule has 0 aromatic heterocycles. The van der Waals surface area contributed by atoms with E-state index in [0.29, 0.717) is 13.1 Å². The molecule has 1 aromatic carbocycles. The SMILES string of the molecule is CCCCNCC(=O)NCc1ccc(C)cc1. The number of aryl methyl sites for hydroxylation is 1. The van der Waals surface area contributed by atoms with Gasteiger partial charge in [0.05, 0.1) is 6.54 Å². The summed E-state index contributed by atoms with van der Waals surface area (Å²) in [6.45, 7) is 6.12. The molecule has 0 heterocycles. The van der Waals surface area contributed by atoms with Crippen LogP contribution >= 0.6 is 0 Å². The normalized spacial score (nSPS) is 10.2. The number of nitrogens with one attached hydrogen (secondary N) is 2. The smallest absolute Gasteiger partial charge is 0.234 e. The van der Waals surface area contributed by atoms with Crippen molar-refractivity contribution >= 4 is 5.91 Å². The van der Waals surface area contributed by atoms with Crippen molar-refractivity contribution in [1.29, 1.82) is 0 Å². The summed E-state index contributed by atoms with van der Waals surface area (Å²) in [4.78, 5) is 11.5. The van der Waals surface area contributed by atoms with Gasteiger partial charge in [-0.05, 0) is 25.5 Å². The van der Waals surface area contributed by atoms with Crippen LogP contribution < -0.4 is 10.6 Å². The lowest BCUT2D eigenvalue weighted by Gasteiger charge is -2.06. The fourth-order valence-electron chi connectivity index (χ4n) is 1.47. The summed E-state index contributed by atoms with van der Waals surface area (Å²) in [5.41, 5.74) is 2.37. The van der Waals surface area contributed by atoms with Crippen molar-refractivity contribution in [3.63, 3.8) is 0 Å². The summed E-state index contributed by atoms with van der Waals surface area (Å²) < 4.78 is 0. The predicted octanol–water partition coefficient (Wildman–Crippen LogP) is 2.00. The number of benzene rings is 1. The van der Waals surface area contributed by atoms with Crippen LogP contribution in [0, 0.1) is 6.92 Å². The van der Waals surface area contributed by atoms with Gasteiger partial charge >= 0.3 is 0 Å². The van der Waals surface area contributed by atoms with Crippen molar-refractivity contribution in [2.24, 2.45) is 0 Å². The zero-order chi connectivity index (χ0) is 12.5. The van der Waals surface area contributed by atoms with Crippen LogP contribution in [0.2, 0.25) is 0 Å². The van der Waals surface area contributed by atoms with E-state index in [1.165, 1.54) is 5.56 Å². The van der Waals surface area contributed by atoms with E-state index in [4.69, 9.17) is 0 Å². The van der Waals surface area contributed by atoms with E-state index >= 15 is 0 Å². The average molecular weight is 234 g/mol. The number of rotatable bonds is 7. The number of carbonyl (C=O) groups is 1. The summed E-state index contributed by atoms with van der Waals surface area (Å²) in [5, 5.41) is 6.01. The lowest BCUT2D eigenvalue weighted by molar-refractivity contribution is -0.120. The Morgan fingerprint density at radius 2 is 1.94 bits per heavy atom. The van der Waals surface area contributed by atoms with E-state index in [9.17, 15) is 4.79 Å². The van der Waals surface area contributed by atoms with E-state index in [2.05, 4.69) is 36.6 Å². The van der Waals surface area contributed by atoms with Gasteiger partial charge in [0.25, 0.3) is 0 Å². The predicted molar refractivity (Wildman–Crippen MR) is 70.8 cm³/mol. The third kappa shape index (κ3) is 6.07. The highest BCUT2D eigenvalue weighted by Crippen LogP contribution is 2.02. The van der Waals surface area contributed by atoms with E-state index in [0.717, 1.165) is 24.9 Å². The van der Waals surface area contributed by atoms with Crippen LogP contribution in [0.4, 0.5) is 0 Å². The molecule has 1 aromatic rings. The summed E-state index contributed by atoms with van der Waals surface area (Å²) in [6.07, 6.45) is 2.27. The minimum Gasteiger partial charge on any atom is -0.351 e. The van der Waals surface area contributed by atoms with E-state index in [1.807, 2.05) is 12.1 Å². The lowest BCUT2D eigenvalue weighted by Crippen LogP contribution is -2.33. The minimum absolute atomic E-state index is 0.0571. The second kappa shape index (κ2) is 7.85. The summed E-state index contributed by atoms with van der Waals surface area (Å²) in [5.74, 6) is 0.0571. The van der Waals surface area contributed by atoms with Gasteiger partial charge in [-0.2, -0.15) is 0 Å². The zero-order valence-electron chi connectivity index (χ0n) is 10.8. The number of amides is 1. The average Bonchev–Trinajstić information content (AvgIpc) is 2.34. The molecule has 3 nitrogen and oxygen atoms in total. The molecule has 0 saturated heterocycles. The van der Waals surface area contributed by atoms with Crippen molar-refractivity contribution in [3.05, 3.63) is 35.4 Å². The Balaban J connectivity index is 2.17. The number of hydrogen-bond donors (Lipinski definition) is 2. The topological polar surface area (TPSA) is 41.1 Å². The number of hydrogen-bond acceptors (Lipinski definition) is 2. The van der Waals surface area contributed by atoms with Crippen LogP contribution in [0.1, 0.15) is 30.9 Å². The molecule has 0 aliphatic heterocycles. The second-order valence-electron chi connectivity index (χ2n) is 4.29. The highest BCUT2D eigenvalue weighted by molar-refractivity contribution is 5.77. The van der Waals surface area contributed by atoms with Crippen molar-refractivity contribution in [2.45, 2.75) is 33.2 Å². The van der Waals surface area contributed by atoms with Gasteiger partial charge in [-0.3, -0.25) is 4.79 Å². The molecule has 0 saturated carbocycles. The first-order valence-electron chi connectivity index (χ1n) is 6.25. The Kier molecular flexibility index (Phi) is 6.33. The first-order chi connectivity index (χ1) is 8.22. The molecule has 0 aliphatic rings. The first-order valence-corrected chi connectivity index (χ1v) is 6.25. The van der Waals surface area contributed by atoms with Crippen molar-refractivity contribution in [2.75, 3.05) is 13.1 Å². The molecule has 0 spiro atoms. The zero-order valence-corrected chi connectivity index (χ0v) is 10.8. The van der Waals surface area contributed by atoms with Gasteiger partial charge < -0.3 is 10.6 Å². The van der Waals surface area contributed by atoms with Crippen LogP contribution in [-0.4, -0.2) is 19.0 Å². The van der Waals surface area contributed by atoms with Crippen LogP contribution in [0.3, 0.4) is 0 Å². The third-order valence-electron chi connectivity index (χ3n) is 2.60. The van der Waals surface area contributed by atoms with E-state index in [-0.39, 0.29) is 5.91 Å². The first kappa shape index (κ1) is 13.7. The van der Waals surface area contributed by atoms with Gasteiger partial charge in [-0.1, -0.05) is 43.2 Å². The summed E-state index contributed by atoms with van der Waals surface area (Å²) >= 11 is 0. The van der Waals surface area contributed by atoms with Gasteiger partial charge in [0, 0.05) is 6.54 Å². The maximum absolute atomic E-state index is 11.5. The Labute approximate surface area is 104 Å². The van der Waals surface area contributed by atoms with Gasteiger partial charge in [-0.25, -0.2) is 0 Å². The number of unbranched alkanes of at least 4 members (excludes halogenated alkanes) is 1. The van der Waals surface area contributed by atoms with Crippen molar-refractivity contribution in [1.82, 2.24) is 10.6 Å². The van der Waals surface area contributed by atoms with Crippen LogP contribution in [0.5, 0.6) is 0 Å². The van der Waals surface area contributed by atoms with Crippen molar-refractivity contribution < 1.29 is 4.79 Å². The highest BCUT2D eigenvalue weighted by Gasteiger charge is 1.99. The molecule has 0 fully saturated rings. The highest BCUT2D eigenvalue weighted by atomic mass is 16.1. The summed E-state index contributed by atoms with van der Waals surface area (Å²) in [7, 11) is 0. The molecular weight excluding hydrogens is 212 g/mol. The molecule has 0 aliphatic carbocycles. The molecule has 0 radical (unpaired) electrons. The Bertz CT molecular complexity index is 333. The standard InChI is InChI=1S/C14H22N2O/c1-3-4-9-15-11-14(17)16-10-13-7-5-12(2)6-8-13/h5-8,15H,3-4,9-11H2,1-2H3,(H,16,17). The van der Waals surface area contributed by atoms with E-state index in [1.54, 1.807) is 0 Å². The maximum Gasteiger partial charge on any atom is 0.234 e. The molecule has 1 rings (SSSR count). The maximum atomic E-state index is 11.5. The van der Waals surface area contributed by atoms with Crippen LogP contribution in [0.25, 0.3) is 0 Å².